The van der Waals surface area contributed by atoms with Gasteiger partial charge in [0.05, 0.1) is 40.1 Å². The van der Waals surface area contributed by atoms with Crippen LogP contribution in [0.1, 0.15) is 12.3 Å². The van der Waals surface area contributed by atoms with Gasteiger partial charge in [0.1, 0.15) is 0 Å². The summed E-state index contributed by atoms with van der Waals surface area (Å²) in [6, 6.07) is 24.8. The van der Waals surface area contributed by atoms with E-state index >= 15 is 0 Å². The highest BCUT2D eigenvalue weighted by atomic mass is 15.0. The Bertz CT molecular complexity index is 2590. The standard InChI is InChI=1S/C36H24N2/c1-3-13-25(14-4-1)27-17-7-10-20-31(27)38-33-22-12-9-19-30(33)35-34(38)24-23-29-28-18-8-11-21-32(28)37(36(29)35)26-15-5-2-6-16-26/h1-24H/i1D,3D,4D,7D,10D,13D,14D,17D,20D. The molecule has 0 bridgehead atoms. The average Bonchev–Trinajstić information content (AvgIpc) is 3.61. The second kappa shape index (κ2) is 8.22. The molecule has 0 aliphatic heterocycles. The molecule has 0 unspecified atom stereocenters. The second-order valence-corrected chi connectivity index (χ2v) is 9.12. The fourth-order valence-electron chi connectivity index (χ4n) is 5.62. The molecule has 2 aromatic heterocycles. The van der Waals surface area contributed by atoms with Crippen molar-refractivity contribution in [1.29, 1.82) is 0 Å². The van der Waals surface area contributed by atoms with Gasteiger partial charge in [-0.25, -0.2) is 0 Å². The van der Waals surface area contributed by atoms with E-state index in [0.717, 1.165) is 38.3 Å². The maximum Gasteiger partial charge on any atom is 0.0645 e. The van der Waals surface area contributed by atoms with Gasteiger partial charge in [0, 0.05) is 32.8 Å². The topological polar surface area (TPSA) is 9.86 Å². The minimum atomic E-state index is -0.587. The molecule has 178 valence electrons. The molecule has 0 saturated heterocycles. The van der Waals surface area contributed by atoms with Crippen LogP contribution in [-0.2, 0) is 0 Å². The van der Waals surface area contributed by atoms with Crippen LogP contribution in [0.25, 0.3) is 66.1 Å². The summed E-state index contributed by atoms with van der Waals surface area (Å²) in [6.45, 7) is 0. The summed E-state index contributed by atoms with van der Waals surface area (Å²) in [5.74, 6) is 0. The number of hydrogen-bond donors (Lipinski definition) is 0. The molecule has 0 N–H and O–H groups in total. The first-order valence-corrected chi connectivity index (χ1v) is 12.3. The summed E-state index contributed by atoms with van der Waals surface area (Å²) in [5.41, 5.74) is 3.68. The van der Waals surface area contributed by atoms with Crippen LogP contribution in [0, 0.1) is 0 Å². The highest BCUT2D eigenvalue weighted by Crippen LogP contribution is 2.42. The van der Waals surface area contributed by atoms with E-state index in [1.54, 1.807) is 4.57 Å². The molecule has 2 heterocycles. The van der Waals surface area contributed by atoms with Gasteiger partial charge in [0.2, 0.25) is 0 Å². The smallest absolute Gasteiger partial charge is 0.0645 e. The van der Waals surface area contributed by atoms with Crippen molar-refractivity contribution >= 4 is 43.6 Å². The Morgan fingerprint density at radius 3 is 1.95 bits per heavy atom. The van der Waals surface area contributed by atoms with Gasteiger partial charge in [-0.3, -0.25) is 0 Å². The molecule has 2 heteroatoms. The van der Waals surface area contributed by atoms with E-state index in [1.807, 2.05) is 78.9 Å². The van der Waals surface area contributed by atoms with Gasteiger partial charge < -0.3 is 9.13 Å². The second-order valence-electron chi connectivity index (χ2n) is 9.12. The van der Waals surface area contributed by atoms with Crippen molar-refractivity contribution in [2.45, 2.75) is 0 Å². The minimum Gasteiger partial charge on any atom is -0.309 e. The summed E-state index contributed by atoms with van der Waals surface area (Å²) in [7, 11) is 0. The molecule has 0 saturated carbocycles. The van der Waals surface area contributed by atoms with E-state index in [1.165, 1.54) is 0 Å². The summed E-state index contributed by atoms with van der Waals surface area (Å²) in [6.07, 6.45) is 0. The number of aromatic nitrogens is 2. The molecule has 0 fully saturated rings. The highest BCUT2D eigenvalue weighted by molar-refractivity contribution is 6.26. The Labute approximate surface area is 233 Å². The number of benzene rings is 6. The highest BCUT2D eigenvalue weighted by Gasteiger charge is 2.21. The first-order valence-electron chi connectivity index (χ1n) is 16.8. The molecule has 0 aliphatic rings. The minimum absolute atomic E-state index is 0.00227. The number of fused-ring (bicyclic) bond motifs is 7. The number of nitrogens with zero attached hydrogens (tertiary/aromatic N) is 2. The van der Waals surface area contributed by atoms with Gasteiger partial charge in [-0.15, -0.1) is 0 Å². The van der Waals surface area contributed by atoms with Gasteiger partial charge in [0.15, 0.2) is 0 Å². The van der Waals surface area contributed by atoms with E-state index in [-0.39, 0.29) is 22.9 Å². The van der Waals surface area contributed by atoms with E-state index in [0.29, 0.717) is 11.0 Å². The SMILES string of the molecule is [2H]c1c([2H])c([2H])c(-c2c([2H])c([2H])c([2H])c([2H])c2-n2c3ccccc3c3c2ccc2c4ccccc4n(-c4ccccc4)c23)c([2H])c1[2H]. The van der Waals surface area contributed by atoms with Gasteiger partial charge in [-0.05, 0) is 41.9 Å². The van der Waals surface area contributed by atoms with Crippen LogP contribution in [0.5, 0.6) is 0 Å². The van der Waals surface area contributed by atoms with Crippen molar-refractivity contribution in [3.63, 3.8) is 0 Å². The molecule has 0 amide bonds. The van der Waals surface area contributed by atoms with Crippen LogP contribution < -0.4 is 0 Å². The molecule has 8 aromatic rings. The van der Waals surface area contributed by atoms with Crippen LogP contribution in [-0.4, -0.2) is 9.13 Å². The Balaban J connectivity index is 1.63. The van der Waals surface area contributed by atoms with Crippen LogP contribution in [0.4, 0.5) is 0 Å². The number of para-hydroxylation sites is 4. The lowest BCUT2D eigenvalue weighted by Crippen LogP contribution is -1.97. The Kier molecular flexibility index (Phi) is 3.03. The fraction of sp³-hybridized carbons (Fsp3) is 0. The first kappa shape index (κ1) is 14.0. The van der Waals surface area contributed by atoms with Crippen LogP contribution in [0.3, 0.4) is 0 Å². The van der Waals surface area contributed by atoms with E-state index < -0.39 is 48.3 Å². The van der Waals surface area contributed by atoms with Crippen molar-refractivity contribution < 1.29 is 12.3 Å². The van der Waals surface area contributed by atoms with Gasteiger partial charge in [-0.1, -0.05) is 109 Å². The number of rotatable bonds is 3. The van der Waals surface area contributed by atoms with Crippen LogP contribution >= 0.6 is 0 Å². The predicted octanol–water partition coefficient (Wildman–Crippen LogP) is 9.55. The van der Waals surface area contributed by atoms with Crippen molar-refractivity contribution in [2.24, 2.45) is 0 Å². The van der Waals surface area contributed by atoms with Crippen molar-refractivity contribution in [1.82, 2.24) is 9.13 Å². The molecule has 0 aliphatic carbocycles. The van der Waals surface area contributed by atoms with E-state index in [2.05, 4.69) is 16.7 Å². The third-order valence-corrected chi connectivity index (χ3v) is 7.13. The summed E-state index contributed by atoms with van der Waals surface area (Å²) >= 11 is 0. The number of hydrogen-bond acceptors (Lipinski definition) is 0. The van der Waals surface area contributed by atoms with Crippen molar-refractivity contribution in [3.8, 4) is 22.5 Å². The van der Waals surface area contributed by atoms with Crippen molar-refractivity contribution in [2.75, 3.05) is 0 Å². The van der Waals surface area contributed by atoms with Crippen LogP contribution in [0.15, 0.2) is 145 Å². The normalized spacial score (nSPS) is 15.0. The molecule has 38 heavy (non-hydrogen) atoms. The summed E-state index contributed by atoms with van der Waals surface area (Å²) < 4.78 is 81.8. The Morgan fingerprint density at radius 1 is 0.474 bits per heavy atom. The Morgan fingerprint density at radius 2 is 1.13 bits per heavy atom. The zero-order valence-corrected chi connectivity index (χ0v) is 20.1. The molecular weight excluding hydrogens is 460 g/mol. The first-order chi connectivity index (χ1) is 22.6. The van der Waals surface area contributed by atoms with Gasteiger partial charge >= 0.3 is 0 Å². The molecule has 2 nitrogen and oxygen atoms in total. The maximum absolute atomic E-state index is 9.20. The monoisotopic (exact) mass is 493 g/mol. The van der Waals surface area contributed by atoms with Crippen LogP contribution in [0.2, 0.25) is 0 Å². The van der Waals surface area contributed by atoms with E-state index in [9.17, 15) is 1.37 Å². The zero-order chi connectivity index (χ0) is 32.9. The molecule has 0 atom stereocenters. The molecule has 0 spiro atoms. The van der Waals surface area contributed by atoms with Gasteiger partial charge in [0.25, 0.3) is 0 Å². The fourth-order valence-corrected chi connectivity index (χ4v) is 5.62. The quantitative estimate of drug-likeness (QED) is 0.232. The lowest BCUT2D eigenvalue weighted by Gasteiger charge is -2.14. The van der Waals surface area contributed by atoms with Gasteiger partial charge in [-0.2, -0.15) is 0 Å². The molecule has 6 aromatic carbocycles. The van der Waals surface area contributed by atoms with Crippen molar-refractivity contribution in [3.05, 3.63) is 145 Å². The third kappa shape index (κ3) is 2.95. The lowest BCUT2D eigenvalue weighted by molar-refractivity contribution is 1.17. The summed E-state index contributed by atoms with van der Waals surface area (Å²) in [4.78, 5) is 0. The average molecular weight is 494 g/mol. The Hall–Kier alpha value is -5.08. The maximum atomic E-state index is 9.20. The largest absolute Gasteiger partial charge is 0.309 e. The van der Waals surface area contributed by atoms with E-state index in [4.69, 9.17) is 11.0 Å². The molecular formula is C36H24N2. The molecule has 0 radical (unpaired) electrons. The lowest BCUT2D eigenvalue weighted by atomic mass is 10.0. The zero-order valence-electron chi connectivity index (χ0n) is 29.1. The summed E-state index contributed by atoms with van der Waals surface area (Å²) in [5, 5.41) is 3.72. The third-order valence-electron chi connectivity index (χ3n) is 7.13. The molecule has 8 rings (SSSR count). The predicted molar refractivity (Wildman–Crippen MR) is 161 cm³/mol.